The van der Waals surface area contributed by atoms with Crippen molar-refractivity contribution in [1.29, 1.82) is 0 Å². The average molecular weight is 277 g/mol. The number of nitrogens with zero attached hydrogens (tertiary/aromatic N) is 1. The number of H-pyrrole nitrogens is 1. The van der Waals surface area contributed by atoms with Gasteiger partial charge in [0.25, 0.3) is 0 Å². The first kappa shape index (κ1) is 11.9. The number of halogens is 1. The Balaban J connectivity index is 2.11. The molecule has 4 heteroatoms. The molecular weight excluding hydrogens is 264 g/mol. The second-order valence-electron chi connectivity index (χ2n) is 4.56. The maximum Gasteiger partial charge on any atom is 0.139 e. The van der Waals surface area contributed by atoms with Gasteiger partial charge in [-0.05, 0) is 49.9 Å². The van der Waals surface area contributed by atoms with Crippen LogP contribution in [0, 0.1) is 4.64 Å². The highest BCUT2D eigenvalue weighted by molar-refractivity contribution is 7.71. The van der Waals surface area contributed by atoms with Crippen molar-refractivity contribution in [2.75, 3.05) is 0 Å². The monoisotopic (exact) mass is 276 g/mol. The van der Waals surface area contributed by atoms with Gasteiger partial charge in [0.15, 0.2) is 0 Å². The maximum atomic E-state index is 5.89. The zero-order valence-corrected chi connectivity index (χ0v) is 11.4. The quantitative estimate of drug-likeness (QED) is 0.785. The molecule has 18 heavy (non-hydrogen) atoms. The molecule has 1 N–H and O–H groups in total. The molecule has 0 radical (unpaired) electrons. The minimum atomic E-state index is 0.732. The largest absolute Gasteiger partial charge is 0.343 e. The van der Waals surface area contributed by atoms with Crippen molar-refractivity contribution in [3.63, 3.8) is 0 Å². The lowest BCUT2D eigenvalue weighted by Crippen LogP contribution is -2.08. The lowest BCUT2D eigenvalue weighted by atomic mass is 9.97. The molecule has 0 saturated carbocycles. The van der Waals surface area contributed by atoms with Crippen LogP contribution < -0.4 is 0 Å². The molecule has 3 rings (SSSR count). The second-order valence-corrected chi connectivity index (χ2v) is 5.38. The van der Waals surface area contributed by atoms with Crippen molar-refractivity contribution in [3.05, 3.63) is 45.2 Å². The van der Waals surface area contributed by atoms with E-state index in [-0.39, 0.29) is 0 Å². The number of aromatic nitrogens is 2. The van der Waals surface area contributed by atoms with E-state index in [1.54, 1.807) is 0 Å². The number of fused-ring (bicyclic) bond motifs is 1. The fourth-order valence-corrected chi connectivity index (χ4v) is 2.81. The van der Waals surface area contributed by atoms with Gasteiger partial charge in [0, 0.05) is 21.8 Å². The van der Waals surface area contributed by atoms with Crippen molar-refractivity contribution < 1.29 is 0 Å². The Bertz CT molecular complexity index is 631. The molecule has 92 valence electrons. The summed E-state index contributed by atoms with van der Waals surface area (Å²) in [5.74, 6) is 0.845. The highest BCUT2D eigenvalue weighted by Crippen LogP contribution is 2.24. The van der Waals surface area contributed by atoms with Crippen LogP contribution in [0.25, 0.3) is 11.4 Å². The second kappa shape index (κ2) is 4.82. The van der Waals surface area contributed by atoms with Crippen molar-refractivity contribution in [2.45, 2.75) is 25.7 Å². The zero-order chi connectivity index (χ0) is 12.5. The standard InChI is InChI=1S/C14H13ClN2S/c15-10-7-5-9(6-8-10)13-16-12-4-2-1-3-11(12)14(18)17-13/h5-8H,1-4H2,(H,16,17,18). The molecular formula is C14H13ClN2S. The summed E-state index contributed by atoms with van der Waals surface area (Å²) in [4.78, 5) is 7.92. The molecule has 0 amide bonds. The molecule has 1 heterocycles. The molecule has 0 saturated heterocycles. The molecule has 2 nitrogen and oxygen atoms in total. The van der Waals surface area contributed by atoms with Crippen molar-refractivity contribution in [3.8, 4) is 11.4 Å². The van der Waals surface area contributed by atoms with Crippen LogP contribution in [0.3, 0.4) is 0 Å². The summed E-state index contributed by atoms with van der Waals surface area (Å²) in [5.41, 5.74) is 3.51. The Kier molecular flexibility index (Phi) is 3.18. The molecule has 1 aromatic heterocycles. The number of hydrogen-bond donors (Lipinski definition) is 1. The minimum Gasteiger partial charge on any atom is -0.343 e. The summed E-state index contributed by atoms with van der Waals surface area (Å²) >= 11 is 11.3. The lowest BCUT2D eigenvalue weighted by Gasteiger charge is -2.16. The van der Waals surface area contributed by atoms with Crippen LogP contribution in [0.1, 0.15) is 24.1 Å². The van der Waals surface area contributed by atoms with Crippen molar-refractivity contribution >= 4 is 23.8 Å². The number of rotatable bonds is 1. The SMILES string of the molecule is S=c1nc(-c2ccc(Cl)cc2)[nH]c2c1CCCC2. The van der Waals surface area contributed by atoms with Gasteiger partial charge in [-0.2, -0.15) is 0 Å². The van der Waals surface area contributed by atoms with E-state index in [9.17, 15) is 0 Å². The summed E-state index contributed by atoms with van der Waals surface area (Å²) in [6.07, 6.45) is 4.56. The molecule has 0 unspecified atom stereocenters. The van der Waals surface area contributed by atoms with Crippen LogP contribution in [0.4, 0.5) is 0 Å². The smallest absolute Gasteiger partial charge is 0.139 e. The Morgan fingerprint density at radius 1 is 1.11 bits per heavy atom. The summed E-state index contributed by atoms with van der Waals surface area (Å²) in [6, 6.07) is 7.67. The summed E-state index contributed by atoms with van der Waals surface area (Å²) < 4.78 is 0.744. The van der Waals surface area contributed by atoms with Gasteiger partial charge in [0.05, 0.1) is 0 Å². The van der Waals surface area contributed by atoms with Gasteiger partial charge >= 0.3 is 0 Å². The maximum absolute atomic E-state index is 5.89. The number of aromatic amines is 1. The van der Waals surface area contributed by atoms with E-state index in [1.165, 1.54) is 24.1 Å². The predicted octanol–water partition coefficient (Wildman–Crippen LogP) is 4.34. The van der Waals surface area contributed by atoms with Gasteiger partial charge in [-0.1, -0.05) is 23.8 Å². The average Bonchev–Trinajstić information content (AvgIpc) is 2.39. The van der Waals surface area contributed by atoms with Crippen LogP contribution in [0.15, 0.2) is 24.3 Å². The Labute approximate surface area is 116 Å². The number of nitrogens with one attached hydrogen (secondary N) is 1. The van der Waals surface area contributed by atoms with Crippen LogP contribution in [0.2, 0.25) is 5.02 Å². The number of aryl methyl sites for hydroxylation is 1. The van der Waals surface area contributed by atoms with E-state index in [1.807, 2.05) is 24.3 Å². The summed E-state index contributed by atoms with van der Waals surface area (Å²) in [6.45, 7) is 0. The van der Waals surface area contributed by atoms with Gasteiger partial charge < -0.3 is 4.98 Å². The fraction of sp³-hybridized carbons (Fsp3) is 0.286. The Hall–Kier alpha value is -1.19. The minimum absolute atomic E-state index is 0.732. The number of benzene rings is 1. The predicted molar refractivity (Wildman–Crippen MR) is 76.5 cm³/mol. The Morgan fingerprint density at radius 3 is 2.61 bits per heavy atom. The summed E-state index contributed by atoms with van der Waals surface area (Å²) in [7, 11) is 0. The van der Waals surface area contributed by atoms with Crippen LogP contribution >= 0.6 is 23.8 Å². The molecule has 1 aliphatic carbocycles. The number of hydrogen-bond acceptors (Lipinski definition) is 2. The van der Waals surface area contributed by atoms with E-state index in [0.29, 0.717) is 0 Å². The topological polar surface area (TPSA) is 28.7 Å². The van der Waals surface area contributed by atoms with Gasteiger partial charge in [0.1, 0.15) is 10.5 Å². The third-order valence-corrected chi connectivity index (χ3v) is 3.92. The van der Waals surface area contributed by atoms with E-state index < -0.39 is 0 Å². The molecule has 2 aromatic rings. The first-order valence-electron chi connectivity index (χ1n) is 6.12. The lowest BCUT2D eigenvalue weighted by molar-refractivity contribution is 0.661. The van der Waals surface area contributed by atoms with Crippen LogP contribution in [-0.2, 0) is 12.8 Å². The normalized spacial score (nSPS) is 14.3. The molecule has 1 aliphatic rings. The molecule has 0 bridgehead atoms. The van der Waals surface area contributed by atoms with E-state index in [0.717, 1.165) is 33.9 Å². The first-order chi connectivity index (χ1) is 8.74. The van der Waals surface area contributed by atoms with Crippen LogP contribution in [-0.4, -0.2) is 9.97 Å². The van der Waals surface area contributed by atoms with Crippen LogP contribution in [0.5, 0.6) is 0 Å². The first-order valence-corrected chi connectivity index (χ1v) is 6.91. The highest BCUT2D eigenvalue weighted by atomic mass is 35.5. The summed E-state index contributed by atoms with van der Waals surface area (Å²) in [5, 5.41) is 0.732. The molecule has 0 aliphatic heterocycles. The van der Waals surface area contributed by atoms with Crippen molar-refractivity contribution in [2.24, 2.45) is 0 Å². The van der Waals surface area contributed by atoms with E-state index >= 15 is 0 Å². The molecule has 0 fully saturated rings. The van der Waals surface area contributed by atoms with Crippen molar-refractivity contribution in [1.82, 2.24) is 9.97 Å². The van der Waals surface area contributed by atoms with Gasteiger partial charge in [0.2, 0.25) is 0 Å². The zero-order valence-electron chi connectivity index (χ0n) is 9.87. The van der Waals surface area contributed by atoms with Gasteiger partial charge in [-0.15, -0.1) is 0 Å². The third kappa shape index (κ3) is 2.20. The van der Waals surface area contributed by atoms with E-state index in [2.05, 4.69) is 9.97 Å². The van der Waals surface area contributed by atoms with E-state index in [4.69, 9.17) is 23.8 Å². The molecule has 1 aromatic carbocycles. The van der Waals surface area contributed by atoms with Gasteiger partial charge in [-0.3, -0.25) is 0 Å². The molecule has 0 atom stereocenters. The highest BCUT2D eigenvalue weighted by Gasteiger charge is 2.13. The van der Waals surface area contributed by atoms with Gasteiger partial charge in [-0.25, -0.2) is 4.98 Å². The molecule has 0 spiro atoms. The third-order valence-electron chi connectivity index (χ3n) is 3.33. The fourth-order valence-electron chi connectivity index (χ4n) is 2.36. The Morgan fingerprint density at radius 2 is 1.83 bits per heavy atom.